The van der Waals surface area contributed by atoms with E-state index in [2.05, 4.69) is 37.9 Å². The van der Waals surface area contributed by atoms with Crippen LogP contribution in [0.15, 0.2) is 0 Å². The van der Waals surface area contributed by atoms with Crippen LogP contribution in [0.25, 0.3) is 0 Å². The molecule has 0 aliphatic carbocycles. The Morgan fingerprint density at radius 1 is 1.05 bits per heavy atom. The van der Waals surface area contributed by atoms with E-state index in [9.17, 15) is 9.59 Å². The number of hydrogen-bond donors (Lipinski definition) is 1. The van der Waals surface area contributed by atoms with E-state index in [1.807, 2.05) is 27.7 Å². The summed E-state index contributed by atoms with van der Waals surface area (Å²) in [5.41, 5.74) is -0.937. The van der Waals surface area contributed by atoms with Crippen LogP contribution in [0.4, 0.5) is 4.79 Å². The van der Waals surface area contributed by atoms with Gasteiger partial charge in [0.05, 0.1) is 5.41 Å². The van der Waals surface area contributed by atoms with Crippen molar-refractivity contribution in [3.8, 4) is 0 Å². The van der Waals surface area contributed by atoms with Crippen LogP contribution in [0.2, 0.25) is 0 Å². The molecule has 0 aromatic rings. The molecule has 0 spiro atoms. The van der Waals surface area contributed by atoms with Crippen LogP contribution in [-0.2, 0) is 13.7 Å². The third-order valence-corrected chi connectivity index (χ3v) is 3.92. The molecule has 0 N–H and O–H groups in total. The highest BCUT2D eigenvalue weighted by Crippen LogP contribution is 2.47. The molecule has 124 valence electrons. The Morgan fingerprint density at radius 2 is 1.52 bits per heavy atom. The highest BCUT2D eigenvalue weighted by atomic mass is 32.1. The minimum absolute atomic E-state index is 0.0169. The van der Waals surface area contributed by atoms with Gasteiger partial charge in [0.15, 0.2) is 6.73 Å². The summed E-state index contributed by atoms with van der Waals surface area (Å²) in [5.74, 6) is -0.316. The van der Waals surface area contributed by atoms with Gasteiger partial charge in [-0.2, -0.15) is 0 Å². The topological polar surface area (TPSA) is 55.8 Å². The van der Waals surface area contributed by atoms with Crippen LogP contribution in [0.3, 0.4) is 0 Å². The SMILES string of the molecule is CN(COC(=O)C(C)(CC(C)(C)C)C(C)(C)C)C(=O)OS. The molecular weight excluding hydrogens is 290 g/mol. The van der Waals surface area contributed by atoms with Crippen molar-refractivity contribution in [2.75, 3.05) is 13.8 Å². The first-order chi connectivity index (χ1) is 9.24. The zero-order valence-corrected chi connectivity index (χ0v) is 15.3. The lowest BCUT2D eigenvalue weighted by atomic mass is 9.61. The summed E-state index contributed by atoms with van der Waals surface area (Å²) in [6, 6.07) is 0. The van der Waals surface area contributed by atoms with Crippen LogP contribution >= 0.6 is 12.9 Å². The van der Waals surface area contributed by atoms with Crippen LogP contribution in [0.5, 0.6) is 0 Å². The van der Waals surface area contributed by atoms with E-state index in [0.717, 1.165) is 4.90 Å². The Kier molecular flexibility index (Phi) is 6.60. The molecule has 0 aromatic heterocycles. The Bertz CT molecular complexity index is 384. The number of carbonyl (C=O) groups excluding carboxylic acids is 2. The molecule has 1 amide bonds. The molecule has 0 aliphatic rings. The second-order valence-electron chi connectivity index (χ2n) is 7.94. The minimum Gasteiger partial charge on any atom is -0.444 e. The lowest BCUT2D eigenvalue weighted by Gasteiger charge is -2.43. The molecule has 5 nitrogen and oxygen atoms in total. The first-order valence-corrected chi connectivity index (χ1v) is 7.35. The number of rotatable bonds is 4. The summed E-state index contributed by atoms with van der Waals surface area (Å²) in [6.45, 7) is 14.1. The molecule has 0 aromatic carbocycles. The second-order valence-corrected chi connectivity index (χ2v) is 8.12. The van der Waals surface area contributed by atoms with Crippen molar-refractivity contribution in [2.45, 2.75) is 54.9 Å². The van der Waals surface area contributed by atoms with E-state index in [0.29, 0.717) is 6.42 Å². The van der Waals surface area contributed by atoms with Gasteiger partial charge in [0.2, 0.25) is 0 Å². The quantitative estimate of drug-likeness (QED) is 0.370. The summed E-state index contributed by atoms with van der Waals surface area (Å²) in [5, 5.41) is 0. The molecule has 0 aliphatic heterocycles. The highest BCUT2D eigenvalue weighted by Gasteiger charge is 2.47. The Balaban J connectivity index is 5.04. The zero-order valence-electron chi connectivity index (χ0n) is 14.4. The molecule has 0 saturated heterocycles. The molecule has 0 bridgehead atoms. The van der Waals surface area contributed by atoms with Gasteiger partial charge < -0.3 is 8.92 Å². The molecule has 0 heterocycles. The van der Waals surface area contributed by atoms with Crippen molar-refractivity contribution in [1.29, 1.82) is 0 Å². The first kappa shape index (κ1) is 20.1. The number of nitrogens with zero attached hydrogens (tertiary/aromatic N) is 1. The van der Waals surface area contributed by atoms with Gasteiger partial charge in [-0.15, -0.1) is 0 Å². The van der Waals surface area contributed by atoms with Crippen molar-refractivity contribution < 1.29 is 18.5 Å². The number of carbonyl (C=O) groups is 2. The van der Waals surface area contributed by atoms with E-state index in [4.69, 9.17) is 4.74 Å². The highest BCUT2D eigenvalue weighted by molar-refractivity contribution is 7.75. The van der Waals surface area contributed by atoms with Crippen LogP contribution in [0.1, 0.15) is 54.9 Å². The minimum atomic E-state index is -0.667. The van der Waals surface area contributed by atoms with Gasteiger partial charge in [0.25, 0.3) is 0 Å². The van der Waals surface area contributed by atoms with Gasteiger partial charge in [-0.3, -0.25) is 9.69 Å². The van der Waals surface area contributed by atoms with Crippen molar-refractivity contribution in [3.05, 3.63) is 0 Å². The predicted octanol–water partition coefficient (Wildman–Crippen LogP) is 3.89. The Labute approximate surface area is 134 Å². The Hall–Kier alpha value is -0.910. The fraction of sp³-hybridized carbons (Fsp3) is 0.867. The third-order valence-electron chi connectivity index (χ3n) is 3.77. The van der Waals surface area contributed by atoms with Crippen molar-refractivity contribution in [1.82, 2.24) is 4.90 Å². The number of ether oxygens (including phenoxy) is 1. The normalized spacial score (nSPS) is 15.1. The molecule has 1 atom stereocenters. The molecule has 21 heavy (non-hydrogen) atoms. The van der Waals surface area contributed by atoms with Crippen molar-refractivity contribution in [3.63, 3.8) is 0 Å². The van der Waals surface area contributed by atoms with Crippen molar-refractivity contribution >= 4 is 25.0 Å². The Morgan fingerprint density at radius 3 is 1.86 bits per heavy atom. The van der Waals surface area contributed by atoms with Gasteiger partial charge >= 0.3 is 12.1 Å². The maximum atomic E-state index is 12.6. The largest absolute Gasteiger partial charge is 0.444 e. The third kappa shape index (κ3) is 5.77. The van der Waals surface area contributed by atoms with Crippen LogP contribution in [0, 0.1) is 16.2 Å². The predicted molar refractivity (Wildman–Crippen MR) is 85.8 cm³/mol. The van der Waals surface area contributed by atoms with Crippen LogP contribution < -0.4 is 0 Å². The average Bonchev–Trinajstić information content (AvgIpc) is 2.30. The maximum absolute atomic E-state index is 12.6. The lowest BCUT2D eigenvalue weighted by Crippen LogP contribution is -2.45. The maximum Gasteiger partial charge on any atom is 0.424 e. The van der Waals surface area contributed by atoms with Gasteiger partial charge in [-0.1, -0.05) is 41.5 Å². The van der Waals surface area contributed by atoms with Crippen molar-refractivity contribution in [2.24, 2.45) is 16.2 Å². The summed E-state index contributed by atoms with van der Waals surface area (Å²) in [6.07, 6.45) is 0.0164. The van der Waals surface area contributed by atoms with E-state index in [1.165, 1.54) is 7.05 Å². The lowest BCUT2D eigenvalue weighted by molar-refractivity contribution is -0.168. The summed E-state index contributed by atoms with van der Waals surface area (Å²) >= 11 is 3.43. The summed E-state index contributed by atoms with van der Waals surface area (Å²) < 4.78 is 9.58. The average molecular weight is 319 g/mol. The zero-order chi connectivity index (χ0) is 17.1. The molecule has 0 radical (unpaired) electrons. The van der Waals surface area contributed by atoms with Gasteiger partial charge in [0, 0.05) is 20.0 Å². The monoisotopic (exact) mass is 319 g/mol. The summed E-state index contributed by atoms with van der Waals surface area (Å²) in [4.78, 5) is 25.0. The van der Waals surface area contributed by atoms with Gasteiger partial charge in [-0.25, -0.2) is 4.79 Å². The van der Waals surface area contributed by atoms with E-state index < -0.39 is 11.5 Å². The van der Waals surface area contributed by atoms with E-state index in [1.54, 1.807) is 0 Å². The molecule has 0 saturated carbocycles. The molecule has 6 heteroatoms. The smallest absolute Gasteiger partial charge is 0.424 e. The van der Waals surface area contributed by atoms with Crippen LogP contribution in [-0.4, -0.2) is 30.7 Å². The fourth-order valence-electron chi connectivity index (χ4n) is 2.14. The van der Waals surface area contributed by atoms with Gasteiger partial charge in [-0.05, 0) is 24.2 Å². The molecule has 0 fully saturated rings. The molecular formula is C15H29NO4S. The fourth-order valence-corrected chi connectivity index (χ4v) is 2.28. The number of thiol groups is 1. The van der Waals surface area contributed by atoms with Gasteiger partial charge in [0.1, 0.15) is 0 Å². The first-order valence-electron chi connectivity index (χ1n) is 6.98. The number of hydrogen-bond acceptors (Lipinski definition) is 5. The number of esters is 1. The number of amides is 1. The van der Waals surface area contributed by atoms with E-state index >= 15 is 0 Å². The molecule has 0 rings (SSSR count). The second kappa shape index (κ2) is 6.90. The standard InChI is InChI=1S/C15H29NO4S/c1-13(2,3)9-15(7,14(4,5)6)11(17)19-10-16(8)12(18)20-21/h21H,9-10H2,1-8H3. The summed E-state index contributed by atoms with van der Waals surface area (Å²) in [7, 11) is 1.48. The molecule has 1 unspecified atom stereocenters. The van der Waals surface area contributed by atoms with E-state index in [-0.39, 0.29) is 23.5 Å².